The van der Waals surface area contributed by atoms with E-state index in [1.807, 2.05) is 18.0 Å². The Morgan fingerprint density at radius 3 is 2.42 bits per heavy atom. The highest BCUT2D eigenvalue weighted by Crippen LogP contribution is 2.32. The normalized spacial score (nSPS) is 14.8. The molecule has 1 aromatic heterocycles. The summed E-state index contributed by atoms with van der Waals surface area (Å²) in [4.78, 5) is 20.2. The van der Waals surface area contributed by atoms with Crippen LogP contribution in [0.2, 0.25) is 0 Å². The first-order valence-corrected chi connectivity index (χ1v) is 17.8. The lowest BCUT2D eigenvalue weighted by Gasteiger charge is -2.27. The van der Waals surface area contributed by atoms with Gasteiger partial charge in [-0.05, 0) is 74.6 Å². The number of benzene rings is 2. The molecule has 1 aliphatic rings. The van der Waals surface area contributed by atoms with Crippen molar-refractivity contribution in [3.05, 3.63) is 81.8 Å². The van der Waals surface area contributed by atoms with E-state index in [1.54, 1.807) is 44.2 Å². The monoisotopic (exact) mass is 755 g/mol. The minimum Gasteiger partial charge on any atom is -0.491 e. The first kappa shape index (κ1) is 37.4. The van der Waals surface area contributed by atoms with E-state index in [1.165, 1.54) is 19.2 Å². The fraction of sp³-hybridized carbons (Fsp3) is 0.455. The Morgan fingerprint density at radius 2 is 1.77 bits per heavy atom. The molecule has 48 heavy (non-hydrogen) atoms. The van der Waals surface area contributed by atoms with Crippen molar-refractivity contribution in [2.24, 2.45) is 5.92 Å². The van der Waals surface area contributed by atoms with Gasteiger partial charge in [0.15, 0.2) is 0 Å². The zero-order chi connectivity index (χ0) is 35.2. The summed E-state index contributed by atoms with van der Waals surface area (Å²) in [6, 6.07) is 13.9. The van der Waals surface area contributed by atoms with Gasteiger partial charge in [-0.1, -0.05) is 40.2 Å². The maximum atomic E-state index is 13.8. The topological polar surface area (TPSA) is 124 Å². The number of nitrogens with one attached hydrogen (secondary N) is 2. The second-order valence-corrected chi connectivity index (χ2v) is 15.6. The van der Waals surface area contributed by atoms with Gasteiger partial charge in [0.25, 0.3) is 5.91 Å². The number of sulfonamides is 1. The van der Waals surface area contributed by atoms with Crippen molar-refractivity contribution in [3.63, 3.8) is 0 Å². The highest BCUT2D eigenvalue weighted by molar-refractivity contribution is 9.10. The Labute approximate surface area is 287 Å². The molecule has 3 aromatic rings. The first-order chi connectivity index (χ1) is 22.5. The van der Waals surface area contributed by atoms with E-state index in [2.05, 4.69) is 31.5 Å². The number of hydrogen-bond acceptors (Lipinski definition) is 8. The maximum Gasteiger partial charge on any atom is 0.416 e. The van der Waals surface area contributed by atoms with Crippen molar-refractivity contribution >= 4 is 43.5 Å². The minimum atomic E-state index is -4.48. The number of aliphatic hydroxyl groups is 1. The number of anilines is 2. The summed E-state index contributed by atoms with van der Waals surface area (Å²) in [6.07, 6.45) is -3.55. The van der Waals surface area contributed by atoms with Crippen LogP contribution in [0.4, 0.5) is 24.8 Å². The van der Waals surface area contributed by atoms with E-state index in [-0.39, 0.29) is 31.1 Å². The zero-order valence-electron chi connectivity index (χ0n) is 27.2. The van der Waals surface area contributed by atoms with Gasteiger partial charge >= 0.3 is 6.18 Å². The smallest absolute Gasteiger partial charge is 0.416 e. The molecular weight excluding hydrogens is 715 g/mol. The van der Waals surface area contributed by atoms with E-state index >= 15 is 0 Å². The van der Waals surface area contributed by atoms with Gasteiger partial charge in [0.1, 0.15) is 24.0 Å². The third kappa shape index (κ3) is 10.3. The van der Waals surface area contributed by atoms with Gasteiger partial charge in [-0.15, -0.1) is 0 Å². The molecule has 4 rings (SSSR count). The van der Waals surface area contributed by atoms with Crippen LogP contribution in [0.25, 0.3) is 0 Å². The number of aromatic nitrogens is 1. The molecule has 0 spiro atoms. The van der Waals surface area contributed by atoms with Gasteiger partial charge in [-0.2, -0.15) is 13.2 Å². The summed E-state index contributed by atoms with van der Waals surface area (Å²) >= 11 is 3.38. The van der Waals surface area contributed by atoms with Crippen LogP contribution in [0.1, 0.15) is 48.2 Å². The van der Waals surface area contributed by atoms with Crippen LogP contribution < -0.4 is 24.6 Å². The number of carbonyl (C=O) groups excluding carboxylic acids is 1. The number of hydrogen-bond donors (Lipinski definition) is 3. The Balaban J connectivity index is 1.56. The van der Waals surface area contributed by atoms with Gasteiger partial charge in [0.2, 0.25) is 10.0 Å². The van der Waals surface area contributed by atoms with Crippen molar-refractivity contribution in [1.82, 2.24) is 15.6 Å². The lowest BCUT2D eigenvalue weighted by molar-refractivity contribution is -0.137. The molecule has 10 nitrogen and oxygen atoms in total. The summed E-state index contributed by atoms with van der Waals surface area (Å²) in [6.45, 7) is 3.60. The Bertz CT molecular complexity index is 1670. The molecule has 2 aromatic carbocycles. The number of nitrogens with zero attached hydrogens (tertiary/aromatic N) is 3. The van der Waals surface area contributed by atoms with Gasteiger partial charge in [-0.25, -0.2) is 13.4 Å². The van der Waals surface area contributed by atoms with Crippen LogP contribution >= 0.6 is 15.9 Å². The molecule has 0 radical (unpaired) electrons. The second-order valence-electron chi connectivity index (χ2n) is 12.2. The number of rotatable bonds is 16. The standard InChI is InChI=1S/C33H41BrF3N5O5S/c1-21(2)48(45,46)42(4)31-15-24(14-30(40-31)41(3)19-22-11-12-22)32(44)39-28(20-47-27-10-6-9-26(34)16-27)29(43)18-38-17-23-7-5-8-25(13-23)33(35,36)37/h5-10,13-16,21-22,28-29,38,43H,11-12,17-20H2,1-4H3,(H,39,44). The summed E-state index contributed by atoms with van der Waals surface area (Å²) in [5.41, 5.74) is -0.281. The molecular formula is C33H41BrF3N5O5S. The van der Waals surface area contributed by atoms with Gasteiger partial charge in [0, 0.05) is 43.8 Å². The highest BCUT2D eigenvalue weighted by Gasteiger charge is 2.31. The Hall–Kier alpha value is -3.40. The molecule has 1 aliphatic carbocycles. The van der Waals surface area contributed by atoms with Crippen LogP contribution in [-0.4, -0.2) is 75.6 Å². The third-order valence-electron chi connectivity index (χ3n) is 7.92. The van der Waals surface area contributed by atoms with Crippen LogP contribution in [0, 0.1) is 5.92 Å². The molecule has 1 fully saturated rings. The van der Waals surface area contributed by atoms with Crippen LogP contribution in [-0.2, 0) is 22.7 Å². The number of alkyl halides is 3. The fourth-order valence-electron chi connectivity index (χ4n) is 4.83. The van der Waals surface area contributed by atoms with Crippen LogP contribution in [0.15, 0.2) is 65.1 Å². The number of halogens is 4. The summed E-state index contributed by atoms with van der Waals surface area (Å²) < 4.78 is 73.3. The van der Waals surface area contributed by atoms with Crippen molar-refractivity contribution in [2.45, 2.75) is 56.8 Å². The molecule has 0 bridgehead atoms. The quantitative estimate of drug-likeness (QED) is 0.182. The number of amides is 1. The number of aliphatic hydroxyl groups excluding tert-OH is 1. The van der Waals surface area contributed by atoms with E-state index < -0.39 is 45.1 Å². The number of pyridine rings is 1. The Morgan fingerprint density at radius 1 is 1.08 bits per heavy atom. The molecule has 2 atom stereocenters. The largest absolute Gasteiger partial charge is 0.491 e. The van der Waals surface area contributed by atoms with E-state index in [9.17, 15) is 31.5 Å². The Kier molecular flexibility index (Phi) is 12.4. The summed E-state index contributed by atoms with van der Waals surface area (Å²) in [5, 5.41) is 16.2. The number of ether oxygens (including phenoxy) is 1. The van der Waals surface area contributed by atoms with Crippen LogP contribution in [0.5, 0.6) is 5.75 Å². The highest BCUT2D eigenvalue weighted by atomic mass is 79.9. The average Bonchev–Trinajstić information content (AvgIpc) is 3.86. The molecule has 15 heteroatoms. The predicted octanol–water partition coefficient (Wildman–Crippen LogP) is 5.21. The van der Waals surface area contributed by atoms with E-state index in [4.69, 9.17) is 4.74 Å². The van der Waals surface area contributed by atoms with Gasteiger partial charge in [0.05, 0.1) is 23.0 Å². The van der Waals surface area contributed by atoms with E-state index in [0.29, 0.717) is 29.6 Å². The lowest BCUT2D eigenvalue weighted by atomic mass is 10.1. The molecule has 2 unspecified atom stereocenters. The predicted molar refractivity (Wildman–Crippen MR) is 183 cm³/mol. The molecule has 1 amide bonds. The maximum absolute atomic E-state index is 13.8. The summed E-state index contributed by atoms with van der Waals surface area (Å²) in [5.74, 6) is 0.853. The minimum absolute atomic E-state index is 0.0369. The molecule has 262 valence electrons. The fourth-order valence-corrected chi connectivity index (χ4v) is 6.19. The van der Waals surface area contributed by atoms with Crippen molar-refractivity contribution in [2.75, 3.05) is 43.0 Å². The molecule has 1 heterocycles. The average molecular weight is 757 g/mol. The molecule has 3 N–H and O–H groups in total. The van der Waals surface area contributed by atoms with Crippen molar-refractivity contribution < 1.29 is 36.2 Å². The molecule has 0 aliphatic heterocycles. The zero-order valence-corrected chi connectivity index (χ0v) is 29.6. The van der Waals surface area contributed by atoms with Crippen molar-refractivity contribution in [1.29, 1.82) is 0 Å². The van der Waals surface area contributed by atoms with Crippen molar-refractivity contribution in [3.8, 4) is 5.75 Å². The summed E-state index contributed by atoms with van der Waals surface area (Å²) in [7, 11) is -0.545. The number of carbonyl (C=O) groups is 1. The second kappa shape index (κ2) is 15.9. The SMILES string of the molecule is CC(C)S(=O)(=O)N(C)c1cc(C(=O)NC(COc2cccc(Br)c2)C(O)CNCc2cccc(C(F)(F)F)c2)cc(N(C)CC2CC2)n1. The third-order valence-corrected chi connectivity index (χ3v) is 10.6. The first-order valence-electron chi connectivity index (χ1n) is 15.5. The molecule has 0 saturated heterocycles. The molecule has 1 saturated carbocycles. The lowest BCUT2D eigenvalue weighted by Crippen LogP contribution is -2.50. The van der Waals surface area contributed by atoms with E-state index in [0.717, 1.165) is 33.8 Å². The van der Waals surface area contributed by atoms with Crippen LogP contribution in [0.3, 0.4) is 0 Å². The van der Waals surface area contributed by atoms with Gasteiger partial charge < -0.3 is 25.4 Å². The van der Waals surface area contributed by atoms with Gasteiger partial charge in [-0.3, -0.25) is 9.10 Å².